The largest absolute Gasteiger partial charge is 0.495 e. The lowest BCUT2D eigenvalue weighted by Crippen LogP contribution is -2.51. The fraction of sp³-hybridized carbons (Fsp3) is 0.625. The van der Waals surface area contributed by atoms with E-state index in [-0.39, 0.29) is 11.3 Å². The molecule has 1 aromatic heterocycles. The van der Waals surface area contributed by atoms with Crippen LogP contribution in [0.25, 0.3) is 0 Å². The summed E-state index contributed by atoms with van der Waals surface area (Å²) in [7, 11) is 1.61. The van der Waals surface area contributed by atoms with Gasteiger partial charge in [0.15, 0.2) is 5.78 Å². The molecule has 4 heteroatoms. The molecule has 2 fully saturated rings. The minimum Gasteiger partial charge on any atom is -0.495 e. The molecule has 0 bridgehead atoms. The van der Waals surface area contributed by atoms with Gasteiger partial charge in [-0.3, -0.25) is 14.7 Å². The van der Waals surface area contributed by atoms with E-state index in [1.807, 2.05) is 6.07 Å². The molecule has 0 radical (unpaired) electrons. The van der Waals surface area contributed by atoms with Gasteiger partial charge in [0, 0.05) is 11.8 Å². The highest BCUT2D eigenvalue weighted by molar-refractivity contribution is 6.03. The van der Waals surface area contributed by atoms with Crippen LogP contribution in [-0.4, -0.2) is 41.4 Å². The molecular weight excluding hydrogens is 252 g/mol. The summed E-state index contributed by atoms with van der Waals surface area (Å²) in [5, 5.41) is 0. The highest BCUT2D eigenvalue weighted by Crippen LogP contribution is 2.40. The van der Waals surface area contributed by atoms with E-state index in [4.69, 9.17) is 4.74 Å². The molecule has 0 amide bonds. The monoisotopic (exact) mass is 274 g/mol. The van der Waals surface area contributed by atoms with Crippen molar-refractivity contribution in [1.82, 2.24) is 9.88 Å². The van der Waals surface area contributed by atoms with Crippen LogP contribution in [0.3, 0.4) is 0 Å². The maximum atomic E-state index is 13.1. The van der Waals surface area contributed by atoms with Crippen LogP contribution in [0.15, 0.2) is 18.5 Å². The standard InChI is InChI=1S/C16H22N2O2/c1-20-14-10-13(11-17-12-14)15(19)16(6-2-3-7-16)18-8-4-5-9-18/h10-12H,2-9H2,1H3. The van der Waals surface area contributed by atoms with E-state index in [9.17, 15) is 4.79 Å². The minimum absolute atomic E-state index is 0.239. The van der Waals surface area contributed by atoms with Gasteiger partial charge in [-0.2, -0.15) is 0 Å². The SMILES string of the molecule is COc1cncc(C(=O)C2(N3CCCC3)CCCC2)c1. The number of Topliss-reactive ketones (excluding diaryl/α,β-unsaturated/α-hetero) is 1. The Hall–Kier alpha value is -1.42. The Kier molecular flexibility index (Phi) is 3.74. The maximum Gasteiger partial charge on any atom is 0.184 e. The first-order chi connectivity index (χ1) is 9.76. The van der Waals surface area contributed by atoms with E-state index in [0.29, 0.717) is 11.3 Å². The molecule has 1 aliphatic carbocycles. The van der Waals surface area contributed by atoms with Crippen molar-refractivity contribution in [2.24, 2.45) is 0 Å². The predicted molar refractivity (Wildman–Crippen MR) is 77.1 cm³/mol. The van der Waals surface area contributed by atoms with Gasteiger partial charge in [0.1, 0.15) is 5.75 Å². The van der Waals surface area contributed by atoms with Crippen molar-refractivity contribution < 1.29 is 9.53 Å². The molecular formula is C16H22N2O2. The van der Waals surface area contributed by atoms with Gasteiger partial charge in [0.25, 0.3) is 0 Å². The van der Waals surface area contributed by atoms with Crippen molar-refractivity contribution in [2.75, 3.05) is 20.2 Å². The second-order valence-corrected chi connectivity index (χ2v) is 5.88. The molecule has 2 aliphatic rings. The Morgan fingerprint density at radius 1 is 1.20 bits per heavy atom. The highest BCUT2D eigenvalue weighted by Gasteiger charge is 2.46. The number of carbonyl (C=O) groups is 1. The summed E-state index contributed by atoms with van der Waals surface area (Å²) in [5.74, 6) is 0.897. The summed E-state index contributed by atoms with van der Waals surface area (Å²) in [6.45, 7) is 2.12. The Balaban J connectivity index is 1.92. The van der Waals surface area contributed by atoms with Crippen molar-refractivity contribution in [1.29, 1.82) is 0 Å². The summed E-state index contributed by atoms with van der Waals surface area (Å²) in [6.07, 6.45) is 10.0. The zero-order valence-electron chi connectivity index (χ0n) is 12.1. The van der Waals surface area contributed by atoms with Crippen LogP contribution in [0.2, 0.25) is 0 Å². The summed E-state index contributed by atoms with van der Waals surface area (Å²) in [5.41, 5.74) is 0.419. The third-order valence-corrected chi connectivity index (χ3v) is 4.78. The van der Waals surface area contributed by atoms with Crippen LogP contribution >= 0.6 is 0 Å². The smallest absolute Gasteiger partial charge is 0.184 e. The first-order valence-corrected chi connectivity index (χ1v) is 7.55. The van der Waals surface area contributed by atoms with Crippen LogP contribution in [-0.2, 0) is 0 Å². The first-order valence-electron chi connectivity index (χ1n) is 7.55. The molecule has 0 N–H and O–H groups in total. The number of aromatic nitrogens is 1. The zero-order valence-corrected chi connectivity index (χ0v) is 12.1. The number of ether oxygens (including phenoxy) is 1. The van der Waals surface area contributed by atoms with E-state index in [1.165, 1.54) is 12.8 Å². The van der Waals surface area contributed by atoms with E-state index < -0.39 is 0 Å². The fourth-order valence-electron chi connectivity index (χ4n) is 3.72. The molecule has 1 saturated carbocycles. The summed E-state index contributed by atoms with van der Waals surface area (Å²) < 4.78 is 5.20. The number of methoxy groups -OCH3 is 1. The quantitative estimate of drug-likeness (QED) is 0.792. The van der Waals surface area contributed by atoms with E-state index in [0.717, 1.165) is 38.8 Å². The van der Waals surface area contributed by atoms with Gasteiger partial charge in [0.2, 0.25) is 0 Å². The van der Waals surface area contributed by atoms with E-state index >= 15 is 0 Å². The second kappa shape index (κ2) is 5.52. The van der Waals surface area contributed by atoms with Gasteiger partial charge >= 0.3 is 0 Å². The number of ketones is 1. The van der Waals surface area contributed by atoms with Crippen LogP contribution in [0.1, 0.15) is 48.9 Å². The zero-order chi connectivity index (χ0) is 14.0. The number of hydrogen-bond donors (Lipinski definition) is 0. The molecule has 108 valence electrons. The molecule has 4 nitrogen and oxygen atoms in total. The Bertz CT molecular complexity index is 489. The molecule has 1 aliphatic heterocycles. The number of carbonyl (C=O) groups excluding carboxylic acids is 1. The Morgan fingerprint density at radius 2 is 1.90 bits per heavy atom. The van der Waals surface area contributed by atoms with Gasteiger partial charge in [-0.05, 0) is 44.8 Å². The third kappa shape index (κ3) is 2.22. The molecule has 20 heavy (non-hydrogen) atoms. The number of hydrogen-bond acceptors (Lipinski definition) is 4. The maximum absolute atomic E-state index is 13.1. The average Bonchev–Trinajstić information content (AvgIpc) is 3.18. The van der Waals surface area contributed by atoms with E-state index in [1.54, 1.807) is 19.5 Å². The number of rotatable bonds is 4. The van der Waals surface area contributed by atoms with Crippen LogP contribution in [0.4, 0.5) is 0 Å². The number of pyridine rings is 1. The normalized spacial score (nSPS) is 22.1. The van der Waals surface area contributed by atoms with Crippen molar-refractivity contribution >= 4 is 5.78 Å². The second-order valence-electron chi connectivity index (χ2n) is 5.88. The molecule has 0 atom stereocenters. The van der Waals surface area contributed by atoms with Crippen molar-refractivity contribution in [3.63, 3.8) is 0 Å². The van der Waals surface area contributed by atoms with Gasteiger partial charge in [-0.25, -0.2) is 0 Å². The Morgan fingerprint density at radius 3 is 2.55 bits per heavy atom. The van der Waals surface area contributed by atoms with Gasteiger partial charge < -0.3 is 4.74 Å². The lowest BCUT2D eigenvalue weighted by Gasteiger charge is -2.37. The molecule has 0 aromatic carbocycles. The predicted octanol–water partition coefficient (Wildman–Crippen LogP) is 2.68. The van der Waals surface area contributed by atoms with Crippen molar-refractivity contribution in [3.8, 4) is 5.75 Å². The lowest BCUT2D eigenvalue weighted by atomic mass is 9.86. The third-order valence-electron chi connectivity index (χ3n) is 4.78. The summed E-state index contributed by atoms with van der Waals surface area (Å²) in [6, 6.07) is 1.82. The molecule has 3 rings (SSSR count). The van der Waals surface area contributed by atoms with Gasteiger partial charge in [0.05, 0.1) is 18.8 Å². The Labute approximate surface area is 120 Å². The fourth-order valence-corrected chi connectivity index (χ4v) is 3.72. The number of likely N-dealkylation sites (tertiary alicyclic amines) is 1. The van der Waals surface area contributed by atoms with Crippen LogP contribution < -0.4 is 4.74 Å². The molecule has 0 spiro atoms. The average molecular weight is 274 g/mol. The van der Waals surface area contributed by atoms with Gasteiger partial charge in [-0.1, -0.05) is 12.8 Å². The van der Waals surface area contributed by atoms with Crippen molar-refractivity contribution in [3.05, 3.63) is 24.0 Å². The molecule has 1 aromatic rings. The van der Waals surface area contributed by atoms with Crippen LogP contribution in [0.5, 0.6) is 5.75 Å². The summed E-state index contributed by atoms with van der Waals surface area (Å²) >= 11 is 0. The molecule has 0 unspecified atom stereocenters. The van der Waals surface area contributed by atoms with Crippen molar-refractivity contribution in [2.45, 2.75) is 44.1 Å². The topological polar surface area (TPSA) is 42.4 Å². The lowest BCUT2D eigenvalue weighted by molar-refractivity contribution is 0.0625. The molecule has 1 saturated heterocycles. The first kappa shape index (κ1) is 13.6. The summed E-state index contributed by atoms with van der Waals surface area (Å²) in [4.78, 5) is 19.6. The van der Waals surface area contributed by atoms with E-state index in [2.05, 4.69) is 9.88 Å². The van der Waals surface area contributed by atoms with Crippen LogP contribution in [0, 0.1) is 0 Å². The number of nitrogens with zero attached hydrogens (tertiary/aromatic N) is 2. The highest BCUT2D eigenvalue weighted by atomic mass is 16.5. The minimum atomic E-state index is -0.273. The van der Waals surface area contributed by atoms with Gasteiger partial charge in [-0.15, -0.1) is 0 Å². The molecule has 2 heterocycles.